The Morgan fingerprint density at radius 2 is 2.27 bits per heavy atom. The Balaban J connectivity index is 1.98. The molecule has 1 aromatic rings. The van der Waals surface area contributed by atoms with Gasteiger partial charge in [-0.1, -0.05) is 30.7 Å². The van der Waals surface area contributed by atoms with Crippen LogP contribution in [0, 0.1) is 11.8 Å². The average molecular weight is 223 g/mol. The average Bonchev–Trinajstić information content (AvgIpc) is 2.99. The van der Waals surface area contributed by atoms with Crippen LogP contribution >= 0.6 is 11.6 Å². The molecule has 2 heteroatoms. The van der Waals surface area contributed by atoms with Crippen molar-refractivity contribution in [3.8, 4) is 0 Å². The van der Waals surface area contributed by atoms with Crippen molar-refractivity contribution in [2.45, 2.75) is 26.2 Å². The Bertz CT molecular complexity index is 369. The molecule has 0 heterocycles. The van der Waals surface area contributed by atoms with Crippen LogP contribution in [0.4, 0.5) is 0 Å². The van der Waals surface area contributed by atoms with Crippen LogP contribution in [0.3, 0.4) is 0 Å². The summed E-state index contributed by atoms with van der Waals surface area (Å²) in [5.74, 6) is 1.22. The molecular formula is C13H15ClO. The molecule has 0 radical (unpaired) electrons. The number of carbonyl (C=O) groups is 1. The number of hydrogen-bond acceptors (Lipinski definition) is 1. The van der Waals surface area contributed by atoms with Crippen LogP contribution in [0.15, 0.2) is 24.3 Å². The van der Waals surface area contributed by atoms with Crippen LogP contribution in [0.25, 0.3) is 0 Å². The van der Waals surface area contributed by atoms with E-state index in [1.165, 1.54) is 12.8 Å². The predicted molar refractivity (Wildman–Crippen MR) is 62.1 cm³/mol. The molecule has 0 N–H and O–H groups in total. The maximum Gasteiger partial charge on any atom is 0.140 e. The summed E-state index contributed by atoms with van der Waals surface area (Å²) in [4.78, 5) is 11.9. The summed E-state index contributed by atoms with van der Waals surface area (Å²) in [5.41, 5.74) is 1.03. The van der Waals surface area contributed by atoms with Crippen LogP contribution in [-0.2, 0) is 11.2 Å². The van der Waals surface area contributed by atoms with Crippen molar-refractivity contribution in [3.63, 3.8) is 0 Å². The summed E-state index contributed by atoms with van der Waals surface area (Å²) in [6.07, 6.45) is 2.98. The monoisotopic (exact) mass is 222 g/mol. The summed E-state index contributed by atoms with van der Waals surface area (Å²) in [6, 6.07) is 7.56. The van der Waals surface area contributed by atoms with Crippen LogP contribution in [0.5, 0.6) is 0 Å². The van der Waals surface area contributed by atoms with Crippen LogP contribution in [-0.4, -0.2) is 5.78 Å². The second kappa shape index (κ2) is 4.36. The fraction of sp³-hybridized carbons (Fsp3) is 0.462. The first-order chi connectivity index (χ1) is 7.16. The number of rotatable bonds is 4. The molecule has 1 unspecified atom stereocenters. The molecule has 0 saturated heterocycles. The first-order valence-electron chi connectivity index (χ1n) is 5.44. The van der Waals surface area contributed by atoms with Gasteiger partial charge < -0.3 is 0 Å². The molecule has 0 aliphatic heterocycles. The Kier molecular flexibility index (Phi) is 3.11. The molecule has 2 rings (SSSR count). The highest BCUT2D eigenvalue weighted by molar-refractivity contribution is 6.30. The van der Waals surface area contributed by atoms with Gasteiger partial charge in [-0.3, -0.25) is 4.79 Å². The van der Waals surface area contributed by atoms with Crippen molar-refractivity contribution in [2.75, 3.05) is 0 Å². The summed E-state index contributed by atoms with van der Waals surface area (Å²) < 4.78 is 0. The lowest BCUT2D eigenvalue weighted by Crippen LogP contribution is -2.15. The van der Waals surface area contributed by atoms with E-state index in [4.69, 9.17) is 11.6 Å². The molecule has 0 spiro atoms. The van der Waals surface area contributed by atoms with Gasteiger partial charge in [0.15, 0.2) is 0 Å². The maximum atomic E-state index is 11.9. The zero-order chi connectivity index (χ0) is 10.8. The normalized spacial score (nSPS) is 17.5. The van der Waals surface area contributed by atoms with E-state index >= 15 is 0 Å². The SMILES string of the molecule is CC(C(=O)Cc1cccc(Cl)c1)C1CC1. The van der Waals surface area contributed by atoms with E-state index in [9.17, 15) is 4.79 Å². The molecule has 1 nitrogen and oxygen atoms in total. The summed E-state index contributed by atoms with van der Waals surface area (Å²) in [7, 11) is 0. The summed E-state index contributed by atoms with van der Waals surface area (Å²) in [5, 5.41) is 0.708. The van der Waals surface area contributed by atoms with Gasteiger partial charge >= 0.3 is 0 Å². The van der Waals surface area contributed by atoms with Crippen LogP contribution < -0.4 is 0 Å². The standard InChI is InChI=1S/C13H15ClO/c1-9(11-5-6-11)13(15)8-10-3-2-4-12(14)7-10/h2-4,7,9,11H,5-6,8H2,1H3. The van der Waals surface area contributed by atoms with E-state index in [1.54, 1.807) is 0 Å². The number of hydrogen-bond donors (Lipinski definition) is 0. The van der Waals surface area contributed by atoms with Crippen molar-refractivity contribution < 1.29 is 4.79 Å². The molecule has 1 fully saturated rings. The molecule has 0 bridgehead atoms. The molecule has 1 aromatic carbocycles. The Labute approximate surface area is 95.4 Å². The number of Topliss-reactive ketones (excluding diaryl/α,β-unsaturated/α-hetero) is 1. The number of ketones is 1. The molecule has 1 atom stereocenters. The van der Waals surface area contributed by atoms with Gasteiger partial charge in [0, 0.05) is 17.4 Å². The fourth-order valence-corrected chi connectivity index (χ4v) is 2.08. The van der Waals surface area contributed by atoms with Gasteiger partial charge in [-0.2, -0.15) is 0 Å². The van der Waals surface area contributed by atoms with Crippen molar-refractivity contribution >= 4 is 17.4 Å². The van der Waals surface area contributed by atoms with Gasteiger partial charge in [-0.15, -0.1) is 0 Å². The van der Waals surface area contributed by atoms with Gasteiger partial charge in [0.05, 0.1) is 0 Å². The highest BCUT2D eigenvalue weighted by Gasteiger charge is 2.32. The molecule has 1 saturated carbocycles. The molecular weight excluding hydrogens is 208 g/mol. The summed E-state index contributed by atoms with van der Waals surface area (Å²) >= 11 is 5.87. The van der Waals surface area contributed by atoms with E-state index < -0.39 is 0 Å². The highest BCUT2D eigenvalue weighted by atomic mass is 35.5. The van der Waals surface area contributed by atoms with Gasteiger partial charge in [-0.25, -0.2) is 0 Å². The first-order valence-corrected chi connectivity index (χ1v) is 5.82. The van der Waals surface area contributed by atoms with E-state index in [0.29, 0.717) is 23.1 Å². The number of benzene rings is 1. The van der Waals surface area contributed by atoms with E-state index in [0.717, 1.165) is 5.56 Å². The van der Waals surface area contributed by atoms with E-state index in [-0.39, 0.29) is 5.92 Å². The van der Waals surface area contributed by atoms with Crippen molar-refractivity contribution in [2.24, 2.45) is 11.8 Å². The van der Waals surface area contributed by atoms with Crippen LogP contribution in [0.1, 0.15) is 25.3 Å². The Morgan fingerprint density at radius 3 is 2.87 bits per heavy atom. The van der Waals surface area contributed by atoms with E-state index in [2.05, 4.69) is 0 Å². The van der Waals surface area contributed by atoms with Gasteiger partial charge in [-0.05, 0) is 36.5 Å². The Hall–Kier alpha value is -0.820. The summed E-state index contributed by atoms with van der Waals surface area (Å²) in [6.45, 7) is 2.05. The molecule has 1 aliphatic rings. The minimum atomic E-state index is 0.226. The molecule has 80 valence electrons. The lowest BCUT2D eigenvalue weighted by molar-refractivity contribution is -0.122. The molecule has 0 amide bonds. The van der Waals surface area contributed by atoms with Gasteiger partial charge in [0.2, 0.25) is 0 Å². The smallest absolute Gasteiger partial charge is 0.140 e. The number of carbonyl (C=O) groups excluding carboxylic acids is 1. The predicted octanol–water partition coefficient (Wildman–Crippen LogP) is 3.50. The Morgan fingerprint density at radius 1 is 1.53 bits per heavy atom. The second-order valence-electron chi connectivity index (χ2n) is 4.40. The fourth-order valence-electron chi connectivity index (χ4n) is 1.87. The third-order valence-electron chi connectivity index (χ3n) is 3.10. The highest BCUT2D eigenvalue weighted by Crippen LogP contribution is 2.37. The molecule has 15 heavy (non-hydrogen) atoms. The zero-order valence-electron chi connectivity index (χ0n) is 8.87. The quantitative estimate of drug-likeness (QED) is 0.762. The van der Waals surface area contributed by atoms with Crippen molar-refractivity contribution in [1.82, 2.24) is 0 Å². The number of halogens is 1. The minimum absolute atomic E-state index is 0.226. The van der Waals surface area contributed by atoms with Gasteiger partial charge in [0.1, 0.15) is 5.78 Å². The van der Waals surface area contributed by atoms with Gasteiger partial charge in [0.25, 0.3) is 0 Å². The van der Waals surface area contributed by atoms with Crippen LogP contribution in [0.2, 0.25) is 5.02 Å². The molecule has 0 aromatic heterocycles. The first kappa shape index (κ1) is 10.7. The zero-order valence-corrected chi connectivity index (χ0v) is 9.63. The lowest BCUT2D eigenvalue weighted by Gasteiger charge is -2.08. The third-order valence-corrected chi connectivity index (χ3v) is 3.34. The largest absolute Gasteiger partial charge is 0.299 e. The molecule has 1 aliphatic carbocycles. The maximum absolute atomic E-state index is 11.9. The minimum Gasteiger partial charge on any atom is -0.299 e. The van der Waals surface area contributed by atoms with Crippen molar-refractivity contribution in [3.05, 3.63) is 34.9 Å². The topological polar surface area (TPSA) is 17.1 Å². The lowest BCUT2D eigenvalue weighted by atomic mass is 9.95. The van der Waals surface area contributed by atoms with Crippen molar-refractivity contribution in [1.29, 1.82) is 0 Å². The third kappa shape index (κ3) is 2.82. The second-order valence-corrected chi connectivity index (χ2v) is 4.84. The van der Waals surface area contributed by atoms with E-state index in [1.807, 2.05) is 31.2 Å².